The molecule has 0 amide bonds. The smallest absolute Gasteiger partial charge is 0.316 e. The Hall–Kier alpha value is -2.60. The minimum Gasteiger partial charge on any atom is -0.316 e. The van der Waals surface area contributed by atoms with Gasteiger partial charge in [0, 0.05) is 29.4 Å². The summed E-state index contributed by atoms with van der Waals surface area (Å²) in [6, 6.07) is 9.53. The average molecular weight is 360 g/mol. The Bertz CT molecular complexity index is 981. The summed E-state index contributed by atoms with van der Waals surface area (Å²) in [5, 5.41) is 3.99. The van der Waals surface area contributed by atoms with E-state index in [-0.39, 0.29) is 5.82 Å². The molecular weight excluding hydrogens is 344 g/mol. The van der Waals surface area contributed by atoms with E-state index in [1.165, 1.54) is 18.2 Å². The Morgan fingerprint density at radius 3 is 2.42 bits per heavy atom. The van der Waals surface area contributed by atoms with Crippen LogP contribution in [0.2, 0.25) is 0 Å². The number of hydrogen-bond acceptors (Lipinski definition) is 1. The number of benzene rings is 2. The van der Waals surface area contributed by atoms with Crippen LogP contribution < -0.4 is 5.32 Å². The molecule has 1 N–H and O–H groups in total. The van der Waals surface area contributed by atoms with Gasteiger partial charge in [-0.1, -0.05) is 12.1 Å². The quantitative estimate of drug-likeness (QED) is 0.624. The fourth-order valence-electron chi connectivity index (χ4n) is 3.34. The first-order valence-electron chi connectivity index (χ1n) is 8.32. The maximum absolute atomic E-state index is 13.3. The highest BCUT2D eigenvalue weighted by atomic mass is 19.4. The number of halogens is 4. The van der Waals surface area contributed by atoms with Crippen LogP contribution in [0.25, 0.3) is 22.2 Å². The van der Waals surface area contributed by atoms with Crippen LogP contribution in [0.15, 0.2) is 54.7 Å². The van der Waals surface area contributed by atoms with E-state index in [1.807, 2.05) is 6.20 Å². The summed E-state index contributed by atoms with van der Waals surface area (Å²) in [7, 11) is 0. The number of nitrogens with zero attached hydrogens (tertiary/aromatic N) is 1. The first-order chi connectivity index (χ1) is 12.4. The van der Waals surface area contributed by atoms with E-state index in [0.29, 0.717) is 11.2 Å². The van der Waals surface area contributed by atoms with Gasteiger partial charge in [-0.05, 0) is 54.9 Å². The third-order valence-corrected chi connectivity index (χ3v) is 4.65. The molecule has 1 aromatic heterocycles. The molecule has 0 fully saturated rings. The van der Waals surface area contributed by atoms with Gasteiger partial charge in [0.2, 0.25) is 0 Å². The fourth-order valence-corrected chi connectivity index (χ4v) is 3.34. The van der Waals surface area contributed by atoms with Crippen LogP contribution >= 0.6 is 0 Å². The van der Waals surface area contributed by atoms with E-state index in [2.05, 4.69) is 11.4 Å². The van der Waals surface area contributed by atoms with Crippen molar-refractivity contribution in [3.8, 4) is 5.69 Å². The highest BCUT2D eigenvalue weighted by Crippen LogP contribution is 2.36. The summed E-state index contributed by atoms with van der Waals surface area (Å²) in [6.45, 7) is 1.56. The van der Waals surface area contributed by atoms with Crippen LogP contribution in [0.3, 0.4) is 0 Å². The van der Waals surface area contributed by atoms with E-state index in [4.69, 9.17) is 0 Å². The van der Waals surface area contributed by atoms with Crippen molar-refractivity contribution in [1.82, 2.24) is 9.88 Å². The van der Waals surface area contributed by atoms with Gasteiger partial charge in [0.25, 0.3) is 0 Å². The van der Waals surface area contributed by atoms with E-state index < -0.39 is 11.7 Å². The third kappa shape index (κ3) is 3.01. The van der Waals surface area contributed by atoms with Gasteiger partial charge >= 0.3 is 6.18 Å². The lowest BCUT2D eigenvalue weighted by Crippen LogP contribution is -2.19. The molecule has 1 aliphatic heterocycles. The Morgan fingerprint density at radius 2 is 1.77 bits per heavy atom. The van der Waals surface area contributed by atoms with Crippen molar-refractivity contribution in [2.24, 2.45) is 0 Å². The van der Waals surface area contributed by atoms with Crippen molar-refractivity contribution in [1.29, 1.82) is 0 Å². The lowest BCUT2D eigenvalue weighted by atomic mass is 9.99. The van der Waals surface area contributed by atoms with Crippen LogP contribution in [0.5, 0.6) is 0 Å². The number of aromatic nitrogens is 1. The van der Waals surface area contributed by atoms with Crippen LogP contribution in [0.4, 0.5) is 17.6 Å². The van der Waals surface area contributed by atoms with Crippen LogP contribution in [0, 0.1) is 5.82 Å². The zero-order chi connectivity index (χ0) is 18.3. The molecule has 6 heteroatoms. The molecule has 0 aliphatic carbocycles. The standard InChI is InChI=1S/C20H16F4N2/c21-15-2-4-16(5-3-15)26-12-18(13-7-9-25-10-8-13)17-6-1-14(11-19(17)26)20(22,23)24/h1-7,11-12,25H,8-10H2. The molecule has 26 heavy (non-hydrogen) atoms. The second-order valence-electron chi connectivity index (χ2n) is 6.30. The van der Waals surface area contributed by atoms with Gasteiger partial charge in [-0.15, -0.1) is 0 Å². The van der Waals surface area contributed by atoms with Crippen molar-refractivity contribution in [3.63, 3.8) is 0 Å². The molecule has 2 aromatic carbocycles. The molecule has 0 atom stereocenters. The zero-order valence-electron chi connectivity index (χ0n) is 13.8. The van der Waals surface area contributed by atoms with Crippen LogP contribution in [-0.2, 0) is 6.18 Å². The molecule has 3 aromatic rings. The van der Waals surface area contributed by atoms with Crippen molar-refractivity contribution in [3.05, 3.63) is 71.7 Å². The Labute approximate surface area is 147 Å². The normalized spacial score (nSPS) is 15.3. The van der Waals surface area contributed by atoms with Crippen molar-refractivity contribution in [2.75, 3.05) is 13.1 Å². The number of fused-ring (bicyclic) bond motifs is 1. The van der Waals surface area contributed by atoms with Crippen LogP contribution in [-0.4, -0.2) is 17.7 Å². The molecule has 0 radical (unpaired) electrons. The first kappa shape index (κ1) is 16.8. The Kier molecular flexibility index (Phi) is 4.07. The molecule has 0 saturated carbocycles. The van der Waals surface area contributed by atoms with E-state index in [9.17, 15) is 17.6 Å². The van der Waals surface area contributed by atoms with Gasteiger partial charge in [0.1, 0.15) is 5.82 Å². The molecule has 4 rings (SSSR count). The lowest BCUT2D eigenvalue weighted by molar-refractivity contribution is -0.137. The van der Waals surface area contributed by atoms with Gasteiger partial charge in [-0.25, -0.2) is 4.39 Å². The largest absolute Gasteiger partial charge is 0.416 e. The number of hydrogen-bond donors (Lipinski definition) is 1. The molecule has 0 bridgehead atoms. The first-order valence-corrected chi connectivity index (χ1v) is 8.32. The monoisotopic (exact) mass is 360 g/mol. The number of alkyl halides is 3. The lowest BCUT2D eigenvalue weighted by Gasteiger charge is -2.13. The minimum atomic E-state index is -4.42. The van der Waals surface area contributed by atoms with Crippen molar-refractivity contribution < 1.29 is 17.6 Å². The second-order valence-corrected chi connectivity index (χ2v) is 6.30. The SMILES string of the molecule is Fc1ccc(-n2cc(C3=CCNCC3)c3ccc(C(F)(F)F)cc32)cc1. The summed E-state index contributed by atoms with van der Waals surface area (Å²) in [5.74, 6) is -0.387. The minimum absolute atomic E-state index is 0.387. The summed E-state index contributed by atoms with van der Waals surface area (Å²) in [5.41, 5.74) is 2.41. The van der Waals surface area contributed by atoms with Gasteiger partial charge < -0.3 is 9.88 Å². The summed E-state index contributed by atoms with van der Waals surface area (Å²) in [6.07, 6.45) is 0.296. The number of rotatable bonds is 2. The molecule has 134 valence electrons. The van der Waals surface area contributed by atoms with E-state index in [0.717, 1.165) is 48.2 Å². The molecule has 2 heterocycles. The molecule has 2 nitrogen and oxygen atoms in total. The Balaban J connectivity index is 1.96. The van der Waals surface area contributed by atoms with Gasteiger partial charge in [-0.3, -0.25) is 0 Å². The number of nitrogens with one attached hydrogen (secondary N) is 1. The zero-order valence-corrected chi connectivity index (χ0v) is 13.8. The molecule has 0 unspecified atom stereocenters. The summed E-state index contributed by atoms with van der Waals surface area (Å²) in [4.78, 5) is 0. The predicted molar refractivity (Wildman–Crippen MR) is 93.7 cm³/mol. The van der Waals surface area contributed by atoms with E-state index in [1.54, 1.807) is 16.7 Å². The van der Waals surface area contributed by atoms with Crippen LogP contribution in [0.1, 0.15) is 17.5 Å². The molecule has 0 saturated heterocycles. The molecule has 0 spiro atoms. The van der Waals surface area contributed by atoms with Crippen molar-refractivity contribution >= 4 is 16.5 Å². The van der Waals surface area contributed by atoms with Gasteiger partial charge in [0.15, 0.2) is 0 Å². The fraction of sp³-hybridized carbons (Fsp3) is 0.200. The third-order valence-electron chi connectivity index (χ3n) is 4.65. The molecular formula is C20H16F4N2. The predicted octanol–water partition coefficient (Wildman–Crippen LogP) is 5.17. The average Bonchev–Trinajstić information content (AvgIpc) is 3.01. The topological polar surface area (TPSA) is 17.0 Å². The highest BCUT2D eigenvalue weighted by molar-refractivity contribution is 5.95. The summed E-state index contributed by atoms with van der Waals surface area (Å²) < 4.78 is 54.5. The van der Waals surface area contributed by atoms with Gasteiger partial charge in [0.05, 0.1) is 11.1 Å². The maximum atomic E-state index is 13.3. The highest BCUT2D eigenvalue weighted by Gasteiger charge is 2.31. The van der Waals surface area contributed by atoms with E-state index >= 15 is 0 Å². The second kappa shape index (κ2) is 6.29. The Morgan fingerprint density at radius 1 is 1.00 bits per heavy atom. The van der Waals surface area contributed by atoms with Crippen molar-refractivity contribution in [2.45, 2.75) is 12.6 Å². The summed E-state index contributed by atoms with van der Waals surface area (Å²) >= 11 is 0. The maximum Gasteiger partial charge on any atom is 0.416 e. The molecule has 1 aliphatic rings. The van der Waals surface area contributed by atoms with Gasteiger partial charge in [-0.2, -0.15) is 13.2 Å².